The van der Waals surface area contributed by atoms with Gasteiger partial charge in [0.05, 0.1) is 23.5 Å². The highest BCUT2D eigenvalue weighted by molar-refractivity contribution is 5.82. The fraction of sp³-hybridized carbons (Fsp3) is 0.345. The zero-order chi connectivity index (χ0) is 25.0. The summed E-state index contributed by atoms with van der Waals surface area (Å²) >= 11 is 0. The van der Waals surface area contributed by atoms with Gasteiger partial charge in [-0.1, -0.05) is 66.7 Å². The first-order valence-corrected chi connectivity index (χ1v) is 12.7. The number of hydrogen-bond donors (Lipinski definition) is 4. The Morgan fingerprint density at radius 2 is 1.06 bits per heavy atom. The van der Waals surface area contributed by atoms with E-state index in [4.69, 9.17) is 4.98 Å². The van der Waals surface area contributed by atoms with Crippen LogP contribution in [0.1, 0.15) is 35.4 Å². The summed E-state index contributed by atoms with van der Waals surface area (Å²) in [7, 11) is 0. The summed E-state index contributed by atoms with van der Waals surface area (Å²) in [6, 6.07) is 25.2. The number of pyridine rings is 1. The Morgan fingerprint density at radius 3 is 1.50 bits per heavy atom. The molecular formula is C29H35N5O2. The molecule has 188 valence electrons. The van der Waals surface area contributed by atoms with Gasteiger partial charge in [0.1, 0.15) is 0 Å². The van der Waals surface area contributed by atoms with Crippen molar-refractivity contribution >= 4 is 11.8 Å². The second-order valence-corrected chi connectivity index (χ2v) is 9.16. The molecule has 3 aromatic rings. The van der Waals surface area contributed by atoms with E-state index in [1.807, 2.05) is 78.9 Å². The van der Waals surface area contributed by atoms with E-state index in [2.05, 4.69) is 21.3 Å². The number of hydrogen-bond acceptors (Lipinski definition) is 5. The smallest absolute Gasteiger partial charge is 0.237 e. The minimum Gasteiger partial charge on any atom is -0.355 e. The molecule has 2 bridgehead atoms. The molecule has 7 heteroatoms. The van der Waals surface area contributed by atoms with Crippen LogP contribution in [0.25, 0.3) is 0 Å². The molecule has 1 aliphatic rings. The summed E-state index contributed by atoms with van der Waals surface area (Å²) in [6.45, 7) is 2.10. The summed E-state index contributed by atoms with van der Waals surface area (Å²) in [5.41, 5.74) is 3.92. The average Bonchev–Trinajstić information content (AvgIpc) is 2.91. The first kappa shape index (κ1) is 25.5. The maximum atomic E-state index is 13.0. The van der Waals surface area contributed by atoms with Crippen LogP contribution in [0.15, 0.2) is 78.9 Å². The lowest BCUT2D eigenvalue weighted by Crippen LogP contribution is -2.46. The zero-order valence-corrected chi connectivity index (χ0v) is 20.6. The van der Waals surface area contributed by atoms with Crippen LogP contribution in [0.2, 0.25) is 0 Å². The molecule has 0 saturated heterocycles. The molecule has 4 rings (SSSR count). The van der Waals surface area contributed by atoms with Crippen LogP contribution in [0, 0.1) is 0 Å². The van der Waals surface area contributed by atoms with E-state index in [0.29, 0.717) is 39.0 Å². The van der Waals surface area contributed by atoms with Gasteiger partial charge in [0, 0.05) is 26.2 Å². The van der Waals surface area contributed by atoms with Gasteiger partial charge in [-0.3, -0.25) is 25.2 Å². The van der Waals surface area contributed by atoms with E-state index >= 15 is 0 Å². The van der Waals surface area contributed by atoms with Gasteiger partial charge in [0.15, 0.2) is 0 Å². The van der Waals surface area contributed by atoms with E-state index in [0.717, 1.165) is 35.4 Å². The number of carbonyl (C=O) groups is 2. The number of amides is 2. The molecule has 1 aliphatic heterocycles. The van der Waals surface area contributed by atoms with Crippen LogP contribution in [-0.4, -0.2) is 42.0 Å². The molecule has 0 spiro atoms. The Hall–Kier alpha value is -3.55. The van der Waals surface area contributed by atoms with Gasteiger partial charge in [0.25, 0.3) is 0 Å². The third-order valence-corrected chi connectivity index (χ3v) is 6.32. The Kier molecular flexibility index (Phi) is 9.59. The van der Waals surface area contributed by atoms with E-state index in [1.165, 1.54) is 0 Å². The number of rotatable bonds is 4. The van der Waals surface area contributed by atoms with Crippen LogP contribution in [0.3, 0.4) is 0 Å². The maximum absolute atomic E-state index is 13.0. The monoisotopic (exact) mass is 485 g/mol. The van der Waals surface area contributed by atoms with Crippen molar-refractivity contribution in [3.8, 4) is 0 Å². The SMILES string of the molecule is O=C1NCCCCNC(=O)[C@H](Cc2ccccc2)NCc2cccc(n2)CN[C@H]1Cc1ccccc1. The highest BCUT2D eigenvalue weighted by Crippen LogP contribution is 2.08. The summed E-state index contributed by atoms with van der Waals surface area (Å²) in [5.74, 6) is -0.0408. The summed E-state index contributed by atoms with van der Waals surface area (Å²) in [4.78, 5) is 30.7. The quantitative estimate of drug-likeness (QED) is 0.456. The van der Waals surface area contributed by atoms with E-state index in [-0.39, 0.29) is 23.9 Å². The number of nitrogens with zero attached hydrogens (tertiary/aromatic N) is 1. The summed E-state index contributed by atoms with van der Waals surface area (Å²) in [5, 5.41) is 12.9. The van der Waals surface area contributed by atoms with Crippen molar-refractivity contribution in [2.75, 3.05) is 13.1 Å². The second kappa shape index (κ2) is 13.5. The minimum atomic E-state index is -0.360. The largest absolute Gasteiger partial charge is 0.355 e. The molecule has 0 saturated carbocycles. The first-order chi connectivity index (χ1) is 17.7. The third-order valence-electron chi connectivity index (χ3n) is 6.32. The Labute approximate surface area is 213 Å². The topological polar surface area (TPSA) is 95.2 Å². The number of aromatic nitrogens is 1. The molecular weight excluding hydrogens is 450 g/mol. The van der Waals surface area contributed by atoms with Crippen LogP contribution < -0.4 is 21.3 Å². The van der Waals surface area contributed by atoms with E-state index in [9.17, 15) is 9.59 Å². The number of fused-ring (bicyclic) bond motifs is 2. The average molecular weight is 486 g/mol. The summed E-state index contributed by atoms with van der Waals surface area (Å²) < 4.78 is 0. The standard InChI is InChI=1S/C29H35N5O2/c35-28-26(18-22-10-3-1-4-11-22)32-20-24-14-9-15-25(34-24)21-33-27(19-23-12-5-2-6-13-23)29(36)31-17-8-7-16-30-28/h1-6,9-15,26-27,32-33H,7-8,16-21H2,(H,30,35)(H,31,36)/t26-,27-/m0/s1. The predicted molar refractivity (Wildman–Crippen MR) is 141 cm³/mol. The molecule has 2 atom stereocenters. The molecule has 1 aromatic heterocycles. The Bertz CT molecular complexity index is 1020. The molecule has 36 heavy (non-hydrogen) atoms. The van der Waals surface area contributed by atoms with E-state index in [1.54, 1.807) is 0 Å². The summed E-state index contributed by atoms with van der Waals surface area (Å²) in [6.07, 6.45) is 2.79. The van der Waals surface area contributed by atoms with Crippen LogP contribution in [0.5, 0.6) is 0 Å². The van der Waals surface area contributed by atoms with Crippen molar-refractivity contribution in [2.24, 2.45) is 0 Å². The molecule has 7 nitrogen and oxygen atoms in total. The fourth-order valence-corrected chi connectivity index (χ4v) is 4.32. The molecule has 2 amide bonds. The van der Waals surface area contributed by atoms with Crippen LogP contribution >= 0.6 is 0 Å². The van der Waals surface area contributed by atoms with Crippen molar-refractivity contribution in [3.05, 3.63) is 101 Å². The molecule has 0 radical (unpaired) electrons. The number of benzene rings is 2. The number of nitrogens with one attached hydrogen (secondary N) is 4. The first-order valence-electron chi connectivity index (χ1n) is 12.7. The zero-order valence-electron chi connectivity index (χ0n) is 20.6. The lowest BCUT2D eigenvalue weighted by atomic mass is 10.0. The Balaban J connectivity index is 1.48. The molecule has 2 heterocycles. The second-order valence-electron chi connectivity index (χ2n) is 9.16. The van der Waals surface area contributed by atoms with Gasteiger partial charge in [-0.25, -0.2) is 0 Å². The normalized spacial score (nSPS) is 20.1. The van der Waals surface area contributed by atoms with Gasteiger partial charge in [-0.2, -0.15) is 0 Å². The van der Waals surface area contributed by atoms with Crippen LogP contribution in [0.4, 0.5) is 0 Å². The molecule has 0 unspecified atom stereocenters. The van der Waals surface area contributed by atoms with Gasteiger partial charge in [-0.05, 0) is 48.9 Å². The third kappa shape index (κ3) is 8.00. The van der Waals surface area contributed by atoms with E-state index < -0.39 is 0 Å². The number of carbonyl (C=O) groups excluding carboxylic acids is 2. The molecule has 2 aromatic carbocycles. The van der Waals surface area contributed by atoms with Gasteiger partial charge in [-0.15, -0.1) is 0 Å². The van der Waals surface area contributed by atoms with Gasteiger partial charge < -0.3 is 10.6 Å². The van der Waals surface area contributed by atoms with Gasteiger partial charge in [0.2, 0.25) is 11.8 Å². The van der Waals surface area contributed by atoms with Gasteiger partial charge >= 0.3 is 0 Å². The highest BCUT2D eigenvalue weighted by atomic mass is 16.2. The lowest BCUT2D eigenvalue weighted by molar-refractivity contribution is -0.124. The Morgan fingerprint density at radius 1 is 0.611 bits per heavy atom. The minimum absolute atomic E-state index is 0.0204. The fourth-order valence-electron chi connectivity index (χ4n) is 4.32. The van der Waals surface area contributed by atoms with Crippen molar-refractivity contribution < 1.29 is 9.59 Å². The van der Waals surface area contributed by atoms with Crippen molar-refractivity contribution in [3.63, 3.8) is 0 Å². The van der Waals surface area contributed by atoms with Crippen molar-refractivity contribution in [2.45, 2.75) is 50.9 Å². The van der Waals surface area contributed by atoms with Crippen molar-refractivity contribution in [1.82, 2.24) is 26.3 Å². The van der Waals surface area contributed by atoms with Crippen molar-refractivity contribution in [1.29, 1.82) is 0 Å². The lowest BCUT2D eigenvalue weighted by Gasteiger charge is -2.19. The predicted octanol–water partition coefficient (Wildman–Crippen LogP) is 2.51. The molecule has 0 fully saturated rings. The molecule has 0 aliphatic carbocycles. The van der Waals surface area contributed by atoms with Crippen LogP contribution in [-0.2, 0) is 35.5 Å². The maximum Gasteiger partial charge on any atom is 0.237 e. The molecule has 4 N–H and O–H groups in total. The highest BCUT2D eigenvalue weighted by Gasteiger charge is 2.20.